The number of amides is 1. The summed E-state index contributed by atoms with van der Waals surface area (Å²) >= 11 is 0. The van der Waals surface area contributed by atoms with Crippen LogP contribution in [0.1, 0.15) is 44.6 Å². The lowest BCUT2D eigenvalue weighted by atomic mass is 9.95. The largest absolute Gasteiger partial charge is 0.495 e. The van der Waals surface area contributed by atoms with Crippen LogP contribution in [0.25, 0.3) is 0 Å². The van der Waals surface area contributed by atoms with Gasteiger partial charge in [-0.3, -0.25) is 9.52 Å². The Labute approximate surface area is 184 Å². The van der Waals surface area contributed by atoms with Gasteiger partial charge in [0.1, 0.15) is 11.5 Å². The molecule has 1 aliphatic rings. The van der Waals surface area contributed by atoms with Crippen molar-refractivity contribution in [1.29, 1.82) is 0 Å². The Bertz CT molecular complexity index is 999. The molecule has 2 aromatic rings. The minimum Gasteiger partial charge on any atom is -0.495 e. The van der Waals surface area contributed by atoms with Crippen LogP contribution >= 0.6 is 0 Å². The van der Waals surface area contributed by atoms with Crippen molar-refractivity contribution in [2.45, 2.75) is 63.0 Å². The van der Waals surface area contributed by atoms with Gasteiger partial charge in [-0.05, 0) is 68.7 Å². The molecule has 31 heavy (non-hydrogen) atoms. The molecule has 0 aromatic heterocycles. The van der Waals surface area contributed by atoms with E-state index in [0.717, 1.165) is 31.2 Å². The second-order valence-electron chi connectivity index (χ2n) is 7.88. The Morgan fingerprint density at radius 2 is 1.74 bits per heavy atom. The number of sulfonamides is 1. The smallest absolute Gasteiger partial charge is 0.262 e. The highest BCUT2D eigenvalue weighted by molar-refractivity contribution is 7.92. The first-order chi connectivity index (χ1) is 14.8. The molecular weight excluding hydrogens is 416 g/mol. The topological polar surface area (TPSA) is 93.7 Å². The van der Waals surface area contributed by atoms with Gasteiger partial charge in [-0.25, -0.2) is 8.42 Å². The Hall–Kier alpha value is -2.74. The lowest BCUT2D eigenvalue weighted by molar-refractivity contribution is -0.128. The monoisotopic (exact) mass is 446 g/mol. The minimum absolute atomic E-state index is 0.0859. The standard InChI is InChI=1S/C23H30N2O5S/c1-16-9-14-22(29-3)21(15-16)25-31(27,28)20-12-10-19(11-13-20)30-17(2)23(26)24-18-7-5-4-6-8-18/h9-15,17-18,25H,4-8H2,1-3H3,(H,24,26)/t17-/m1/s1. The lowest BCUT2D eigenvalue weighted by Crippen LogP contribution is -2.43. The van der Waals surface area contributed by atoms with E-state index in [4.69, 9.17) is 9.47 Å². The third-order valence-corrected chi connectivity index (χ3v) is 6.75. The number of aryl methyl sites for hydroxylation is 1. The molecule has 8 heteroatoms. The fourth-order valence-corrected chi connectivity index (χ4v) is 4.69. The maximum atomic E-state index is 12.8. The number of hydrogen-bond donors (Lipinski definition) is 2. The van der Waals surface area contributed by atoms with Crippen LogP contribution in [0.4, 0.5) is 5.69 Å². The zero-order valence-corrected chi connectivity index (χ0v) is 19.0. The van der Waals surface area contributed by atoms with Gasteiger partial charge < -0.3 is 14.8 Å². The van der Waals surface area contributed by atoms with E-state index in [2.05, 4.69) is 10.0 Å². The summed E-state index contributed by atoms with van der Waals surface area (Å²) in [5.41, 5.74) is 1.28. The second-order valence-corrected chi connectivity index (χ2v) is 9.57. The Balaban J connectivity index is 1.63. The lowest BCUT2D eigenvalue weighted by Gasteiger charge is -2.24. The molecule has 1 fully saturated rings. The highest BCUT2D eigenvalue weighted by Crippen LogP contribution is 2.28. The quantitative estimate of drug-likeness (QED) is 0.639. The number of hydrogen-bond acceptors (Lipinski definition) is 5. The number of rotatable bonds is 8. The molecule has 2 aromatic carbocycles. The van der Waals surface area contributed by atoms with Crippen LogP contribution < -0.4 is 19.5 Å². The number of nitrogens with one attached hydrogen (secondary N) is 2. The van der Waals surface area contributed by atoms with Crippen LogP contribution in [-0.4, -0.2) is 33.6 Å². The average molecular weight is 447 g/mol. The first-order valence-corrected chi connectivity index (χ1v) is 12.0. The molecule has 1 aliphatic carbocycles. The van der Waals surface area contributed by atoms with Gasteiger partial charge in [0.05, 0.1) is 17.7 Å². The summed E-state index contributed by atoms with van der Waals surface area (Å²) in [6.45, 7) is 3.56. The summed E-state index contributed by atoms with van der Waals surface area (Å²) in [7, 11) is -2.32. The average Bonchev–Trinajstić information content (AvgIpc) is 2.74. The predicted octanol–water partition coefficient (Wildman–Crippen LogP) is 4.02. The van der Waals surface area contributed by atoms with Crippen molar-refractivity contribution in [3.05, 3.63) is 48.0 Å². The Kier molecular flexibility index (Phi) is 7.43. The summed E-state index contributed by atoms with van der Waals surface area (Å²) < 4.78 is 39.1. The molecule has 168 valence electrons. The van der Waals surface area contributed by atoms with E-state index < -0.39 is 16.1 Å². The zero-order chi connectivity index (χ0) is 22.4. The minimum atomic E-state index is -3.81. The van der Waals surface area contributed by atoms with Gasteiger partial charge in [0.15, 0.2) is 6.10 Å². The highest BCUT2D eigenvalue weighted by Gasteiger charge is 2.21. The third kappa shape index (κ3) is 6.13. The maximum Gasteiger partial charge on any atom is 0.262 e. The van der Waals surface area contributed by atoms with Gasteiger partial charge in [0.25, 0.3) is 15.9 Å². The van der Waals surface area contributed by atoms with Gasteiger partial charge in [-0.15, -0.1) is 0 Å². The van der Waals surface area contributed by atoms with E-state index in [1.807, 2.05) is 13.0 Å². The molecular formula is C23H30N2O5S. The molecule has 0 heterocycles. The Morgan fingerprint density at radius 3 is 2.39 bits per heavy atom. The predicted molar refractivity (Wildman–Crippen MR) is 120 cm³/mol. The van der Waals surface area contributed by atoms with Crippen molar-refractivity contribution >= 4 is 21.6 Å². The van der Waals surface area contributed by atoms with E-state index in [1.165, 1.54) is 25.7 Å². The Morgan fingerprint density at radius 1 is 1.06 bits per heavy atom. The molecule has 2 N–H and O–H groups in total. The summed E-state index contributed by atoms with van der Waals surface area (Å²) in [6.07, 6.45) is 4.84. The first kappa shape index (κ1) is 22.9. The van der Waals surface area contributed by atoms with Crippen LogP contribution in [-0.2, 0) is 14.8 Å². The van der Waals surface area contributed by atoms with Crippen molar-refractivity contribution in [3.8, 4) is 11.5 Å². The van der Waals surface area contributed by atoms with Crippen molar-refractivity contribution in [1.82, 2.24) is 5.32 Å². The number of methoxy groups -OCH3 is 1. The van der Waals surface area contributed by atoms with Crippen molar-refractivity contribution in [2.75, 3.05) is 11.8 Å². The highest BCUT2D eigenvalue weighted by atomic mass is 32.2. The number of carbonyl (C=O) groups excluding carboxylic acids is 1. The molecule has 0 aliphatic heterocycles. The van der Waals surface area contributed by atoms with E-state index in [9.17, 15) is 13.2 Å². The molecule has 0 spiro atoms. The summed E-state index contributed by atoms with van der Waals surface area (Å²) in [4.78, 5) is 12.5. The van der Waals surface area contributed by atoms with E-state index >= 15 is 0 Å². The number of benzene rings is 2. The van der Waals surface area contributed by atoms with Crippen LogP contribution in [0.2, 0.25) is 0 Å². The fraction of sp³-hybridized carbons (Fsp3) is 0.435. The number of carbonyl (C=O) groups is 1. The van der Waals surface area contributed by atoms with Crippen LogP contribution in [0.15, 0.2) is 47.4 Å². The molecule has 1 saturated carbocycles. The molecule has 7 nitrogen and oxygen atoms in total. The van der Waals surface area contributed by atoms with E-state index in [1.54, 1.807) is 31.2 Å². The van der Waals surface area contributed by atoms with Gasteiger partial charge in [0.2, 0.25) is 0 Å². The van der Waals surface area contributed by atoms with E-state index in [0.29, 0.717) is 17.2 Å². The number of ether oxygens (including phenoxy) is 2. The first-order valence-electron chi connectivity index (χ1n) is 10.5. The summed E-state index contributed by atoms with van der Waals surface area (Å²) in [5, 5.41) is 3.04. The van der Waals surface area contributed by atoms with Crippen molar-refractivity contribution in [2.24, 2.45) is 0 Å². The third-order valence-electron chi connectivity index (χ3n) is 5.37. The van der Waals surface area contributed by atoms with Gasteiger partial charge in [-0.2, -0.15) is 0 Å². The van der Waals surface area contributed by atoms with Crippen LogP contribution in [0, 0.1) is 6.92 Å². The summed E-state index contributed by atoms with van der Waals surface area (Å²) in [6, 6.07) is 11.5. The molecule has 3 rings (SSSR count). The fourth-order valence-electron chi connectivity index (χ4n) is 3.63. The van der Waals surface area contributed by atoms with Crippen LogP contribution in [0.5, 0.6) is 11.5 Å². The molecule has 0 saturated heterocycles. The van der Waals surface area contributed by atoms with Gasteiger partial charge in [-0.1, -0.05) is 25.3 Å². The molecule has 1 amide bonds. The number of anilines is 1. The SMILES string of the molecule is COc1ccc(C)cc1NS(=O)(=O)c1ccc(O[C@H](C)C(=O)NC2CCCCC2)cc1. The maximum absolute atomic E-state index is 12.8. The van der Waals surface area contributed by atoms with Gasteiger partial charge in [0, 0.05) is 6.04 Å². The van der Waals surface area contributed by atoms with Crippen LogP contribution in [0.3, 0.4) is 0 Å². The second kappa shape index (κ2) is 10.0. The normalized spacial score (nSPS) is 15.7. The zero-order valence-electron chi connectivity index (χ0n) is 18.2. The van der Waals surface area contributed by atoms with E-state index in [-0.39, 0.29) is 16.8 Å². The van der Waals surface area contributed by atoms with Crippen molar-refractivity contribution in [3.63, 3.8) is 0 Å². The molecule has 0 radical (unpaired) electrons. The molecule has 1 atom stereocenters. The summed E-state index contributed by atoms with van der Waals surface area (Å²) in [5.74, 6) is 0.710. The molecule has 0 unspecified atom stereocenters. The van der Waals surface area contributed by atoms with Crippen molar-refractivity contribution < 1.29 is 22.7 Å². The van der Waals surface area contributed by atoms with Gasteiger partial charge >= 0.3 is 0 Å². The molecule has 0 bridgehead atoms.